The first-order chi connectivity index (χ1) is 12.7. The number of halogens is 1. The Bertz CT molecular complexity index is 947. The molecule has 1 fully saturated rings. The quantitative estimate of drug-likeness (QED) is 0.730. The Balaban J connectivity index is 1.62. The second kappa shape index (κ2) is 6.59. The average molecular weight is 352 g/mol. The molecular weight excluding hydrogens is 335 g/mol. The highest BCUT2D eigenvalue weighted by Gasteiger charge is 2.14. The lowest BCUT2D eigenvalue weighted by molar-refractivity contribution is 0.112. The molecule has 1 aliphatic heterocycles. The van der Waals surface area contributed by atoms with Crippen molar-refractivity contribution in [2.45, 2.75) is 12.8 Å². The smallest absolute Gasteiger partial charge is 0.167 e. The first kappa shape index (κ1) is 16.3. The predicted octanol–water partition coefficient (Wildman–Crippen LogP) is 3.19. The number of aldehydes is 1. The molecule has 0 saturated carbocycles. The van der Waals surface area contributed by atoms with Crippen LogP contribution in [0.2, 0.25) is 0 Å². The highest BCUT2D eigenvalue weighted by molar-refractivity contribution is 5.80. The van der Waals surface area contributed by atoms with Gasteiger partial charge in [0.15, 0.2) is 17.9 Å². The van der Waals surface area contributed by atoms with Gasteiger partial charge in [-0.05, 0) is 31.0 Å². The molecule has 1 aliphatic rings. The summed E-state index contributed by atoms with van der Waals surface area (Å²) in [7, 11) is 0. The molecule has 132 valence electrons. The summed E-state index contributed by atoms with van der Waals surface area (Å²) in [5.74, 6) is -1.54. The molecule has 7 heteroatoms. The highest BCUT2D eigenvalue weighted by Crippen LogP contribution is 2.26. The Kier molecular flexibility index (Phi) is 4.12. The van der Waals surface area contributed by atoms with Crippen LogP contribution < -0.4 is 4.90 Å². The van der Waals surface area contributed by atoms with Crippen molar-refractivity contribution >= 4 is 12.0 Å². The molecule has 1 aromatic heterocycles. The van der Waals surface area contributed by atoms with E-state index in [1.807, 2.05) is 12.1 Å². The van der Waals surface area contributed by atoms with Gasteiger partial charge in [0.25, 0.3) is 0 Å². The highest BCUT2D eigenvalue weighted by atomic mass is 19.1. The van der Waals surface area contributed by atoms with Crippen molar-refractivity contribution in [2.75, 3.05) is 18.0 Å². The number of anilines is 1. The maximum atomic E-state index is 13.8. The molecular formula is C19H17FN4O2. The summed E-state index contributed by atoms with van der Waals surface area (Å²) in [6.45, 7) is 2.17. The van der Waals surface area contributed by atoms with Gasteiger partial charge in [-0.2, -0.15) is 0 Å². The molecule has 0 bridgehead atoms. The number of hydrogen-bond acceptors (Lipinski definition) is 5. The summed E-state index contributed by atoms with van der Waals surface area (Å²) in [5, 5.41) is 17.6. The lowest BCUT2D eigenvalue weighted by Gasteiger charge is -2.17. The van der Waals surface area contributed by atoms with E-state index in [2.05, 4.69) is 27.3 Å². The number of aromatic hydroxyl groups is 1. The van der Waals surface area contributed by atoms with E-state index in [9.17, 15) is 14.3 Å². The van der Waals surface area contributed by atoms with Gasteiger partial charge in [0, 0.05) is 30.4 Å². The van der Waals surface area contributed by atoms with E-state index in [0.717, 1.165) is 24.7 Å². The Hall–Kier alpha value is -3.22. The zero-order valence-corrected chi connectivity index (χ0v) is 14.0. The van der Waals surface area contributed by atoms with Gasteiger partial charge in [-0.25, -0.2) is 9.07 Å². The molecule has 0 amide bonds. The minimum Gasteiger partial charge on any atom is -0.504 e. The van der Waals surface area contributed by atoms with Crippen LogP contribution in [0, 0.1) is 5.82 Å². The number of carbonyl (C=O) groups is 1. The van der Waals surface area contributed by atoms with Crippen LogP contribution in [0.3, 0.4) is 0 Å². The van der Waals surface area contributed by atoms with Gasteiger partial charge in [-0.1, -0.05) is 17.3 Å². The van der Waals surface area contributed by atoms with Gasteiger partial charge in [0.2, 0.25) is 0 Å². The number of hydrogen-bond donors (Lipinski definition) is 1. The van der Waals surface area contributed by atoms with Crippen molar-refractivity contribution in [1.82, 2.24) is 15.0 Å². The fraction of sp³-hybridized carbons (Fsp3) is 0.211. The normalized spacial score (nSPS) is 14.0. The third-order valence-electron chi connectivity index (χ3n) is 4.60. The number of phenols is 1. The average Bonchev–Trinajstić information content (AvgIpc) is 3.36. The Morgan fingerprint density at radius 1 is 1.08 bits per heavy atom. The molecule has 0 aliphatic carbocycles. The molecule has 26 heavy (non-hydrogen) atoms. The van der Waals surface area contributed by atoms with E-state index < -0.39 is 11.6 Å². The summed E-state index contributed by atoms with van der Waals surface area (Å²) < 4.78 is 15.1. The van der Waals surface area contributed by atoms with E-state index >= 15 is 0 Å². The van der Waals surface area contributed by atoms with Gasteiger partial charge in [0.05, 0.1) is 17.4 Å². The minimum absolute atomic E-state index is 0.132. The van der Waals surface area contributed by atoms with E-state index in [1.54, 1.807) is 6.20 Å². The molecule has 2 aromatic carbocycles. The van der Waals surface area contributed by atoms with Crippen LogP contribution >= 0.6 is 0 Å². The van der Waals surface area contributed by atoms with E-state index in [4.69, 9.17) is 0 Å². The zero-order valence-electron chi connectivity index (χ0n) is 14.0. The summed E-state index contributed by atoms with van der Waals surface area (Å²) >= 11 is 0. The number of rotatable bonds is 4. The molecule has 0 radical (unpaired) electrons. The van der Waals surface area contributed by atoms with Crippen LogP contribution in [0.5, 0.6) is 5.75 Å². The van der Waals surface area contributed by atoms with Crippen LogP contribution in [0.25, 0.3) is 16.9 Å². The van der Waals surface area contributed by atoms with E-state index in [0.29, 0.717) is 17.7 Å². The topological polar surface area (TPSA) is 71.2 Å². The van der Waals surface area contributed by atoms with Crippen molar-refractivity contribution in [3.8, 4) is 22.7 Å². The second-order valence-corrected chi connectivity index (χ2v) is 6.27. The molecule has 2 heterocycles. The van der Waals surface area contributed by atoms with E-state index in [1.165, 1.54) is 29.3 Å². The molecule has 1 N–H and O–H groups in total. The number of nitrogens with zero attached hydrogens (tertiary/aromatic N) is 4. The van der Waals surface area contributed by atoms with Crippen molar-refractivity contribution in [3.63, 3.8) is 0 Å². The second-order valence-electron chi connectivity index (χ2n) is 6.27. The fourth-order valence-corrected chi connectivity index (χ4v) is 3.17. The first-order valence-corrected chi connectivity index (χ1v) is 8.41. The number of phenolic OH excluding ortho intramolecular Hbond substituents is 1. The molecule has 0 atom stereocenters. The Labute approximate surface area is 149 Å². The largest absolute Gasteiger partial charge is 0.504 e. The Morgan fingerprint density at radius 3 is 2.50 bits per heavy atom. The van der Waals surface area contributed by atoms with Crippen LogP contribution in [0.15, 0.2) is 42.6 Å². The molecule has 0 unspecified atom stereocenters. The number of carbonyl (C=O) groups excluding carboxylic acids is 1. The maximum absolute atomic E-state index is 13.8. The molecule has 3 aromatic rings. The summed E-state index contributed by atoms with van der Waals surface area (Å²) in [6.07, 6.45) is 4.51. The van der Waals surface area contributed by atoms with E-state index in [-0.39, 0.29) is 5.56 Å². The van der Waals surface area contributed by atoms with Crippen molar-refractivity contribution in [3.05, 3.63) is 54.0 Å². The monoisotopic (exact) mass is 352 g/mol. The lowest BCUT2D eigenvalue weighted by Crippen LogP contribution is -2.17. The fourth-order valence-electron chi connectivity index (χ4n) is 3.17. The Morgan fingerprint density at radius 2 is 1.81 bits per heavy atom. The van der Waals surface area contributed by atoms with Crippen molar-refractivity contribution in [1.29, 1.82) is 0 Å². The summed E-state index contributed by atoms with van der Waals surface area (Å²) in [6, 6.07) is 10.6. The van der Waals surface area contributed by atoms with Crippen LogP contribution in [0.1, 0.15) is 23.2 Å². The van der Waals surface area contributed by atoms with Gasteiger partial charge in [-0.15, -0.1) is 5.10 Å². The standard InChI is InChI=1S/C19H17FN4O2/c20-17-10-16(9-14(12-25)19(17)26)24-11-18(21-22-24)13-3-5-15(6-4-13)23-7-1-2-8-23/h3-6,9-12,26H,1-2,7-8H2. The van der Waals surface area contributed by atoms with Crippen LogP contribution in [-0.2, 0) is 0 Å². The SMILES string of the molecule is O=Cc1cc(-n2cc(-c3ccc(N4CCCC4)cc3)nn2)cc(F)c1O. The maximum Gasteiger partial charge on any atom is 0.167 e. The number of benzene rings is 2. The van der Waals surface area contributed by atoms with Gasteiger partial charge in [0.1, 0.15) is 5.69 Å². The molecule has 0 spiro atoms. The zero-order chi connectivity index (χ0) is 18.1. The third kappa shape index (κ3) is 2.92. The van der Waals surface area contributed by atoms with Gasteiger partial charge >= 0.3 is 0 Å². The predicted molar refractivity (Wildman–Crippen MR) is 95.3 cm³/mol. The minimum atomic E-state index is -0.878. The molecule has 6 nitrogen and oxygen atoms in total. The first-order valence-electron chi connectivity index (χ1n) is 8.41. The van der Waals surface area contributed by atoms with Gasteiger partial charge in [-0.3, -0.25) is 4.79 Å². The molecule has 4 rings (SSSR count). The third-order valence-corrected chi connectivity index (χ3v) is 4.60. The summed E-state index contributed by atoms with van der Waals surface area (Å²) in [5.41, 5.74) is 2.91. The van der Waals surface area contributed by atoms with Crippen molar-refractivity contribution < 1.29 is 14.3 Å². The van der Waals surface area contributed by atoms with Crippen molar-refractivity contribution in [2.24, 2.45) is 0 Å². The number of aromatic nitrogens is 3. The lowest BCUT2D eigenvalue weighted by atomic mass is 10.1. The van der Waals surface area contributed by atoms with Gasteiger partial charge < -0.3 is 10.0 Å². The summed E-state index contributed by atoms with van der Waals surface area (Å²) in [4.78, 5) is 13.3. The molecule has 1 saturated heterocycles. The van der Waals surface area contributed by atoms with Crippen LogP contribution in [-0.4, -0.2) is 39.5 Å². The van der Waals surface area contributed by atoms with Crippen LogP contribution in [0.4, 0.5) is 10.1 Å².